The first kappa shape index (κ1) is 15.9. The van der Waals surface area contributed by atoms with Gasteiger partial charge in [0, 0.05) is 18.3 Å². The Bertz CT molecular complexity index is 506. The third-order valence-corrected chi connectivity index (χ3v) is 4.25. The summed E-state index contributed by atoms with van der Waals surface area (Å²) in [5.74, 6) is -0.419. The van der Waals surface area contributed by atoms with Crippen molar-refractivity contribution in [1.29, 1.82) is 0 Å². The van der Waals surface area contributed by atoms with Gasteiger partial charge in [0.25, 0.3) is 0 Å². The van der Waals surface area contributed by atoms with Crippen LogP contribution in [0.5, 0.6) is 0 Å². The van der Waals surface area contributed by atoms with Crippen molar-refractivity contribution in [3.05, 3.63) is 29.6 Å². The first-order valence-electron chi connectivity index (χ1n) is 7.49. The van der Waals surface area contributed by atoms with Crippen LogP contribution in [0.25, 0.3) is 0 Å². The molecule has 1 fully saturated rings. The molecule has 2 N–H and O–H groups in total. The molecule has 1 aliphatic rings. The fourth-order valence-corrected chi connectivity index (χ4v) is 2.73. The highest BCUT2D eigenvalue weighted by Gasteiger charge is 2.26. The van der Waals surface area contributed by atoms with Crippen LogP contribution >= 0.6 is 0 Å². The van der Waals surface area contributed by atoms with E-state index in [0.717, 1.165) is 31.5 Å². The van der Waals surface area contributed by atoms with E-state index in [1.807, 2.05) is 20.9 Å². The van der Waals surface area contributed by atoms with E-state index in [-0.39, 0.29) is 17.8 Å². The zero-order chi connectivity index (χ0) is 15.4. The van der Waals surface area contributed by atoms with Crippen LogP contribution < -0.4 is 10.6 Å². The van der Waals surface area contributed by atoms with Crippen LogP contribution in [0.4, 0.5) is 10.1 Å². The average Bonchev–Trinajstić information content (AvgIpc) is 2.50. The predicted molar refractivity (Wildman–Crippen MR) is 82.9 cm³/mol. The fraction of sp³-hybridized carbons (Fsp3) is 0.562. The molecule has 116 valence electrons. The standard InChI is InChI=1S/C16H24FN3O/c1-11-6-7-13(17)9-15(11)19-16(21)12(2)20-8-4-5-14(10-20)18-3/h6-7,9,12,14,18H,4-5,8,10H2,1-3H3,(H,19,21). The van der Waals surface area contributed by atoms with Gasteiger partial charge in [-0.1, -0.05) is 6.07 Å². The largest absolute Gasteiger partial charge is 0.324 e. The summed E-state index contributed by atoms with van der Waals surface area (Å²) >= 11 is 0. The maximum atomic E-state index is 13.3. The second kappa shape index (κ2) is 7.00. The first-order chi connectivity index (χ1) is 10.0. The van der Waals surface area contributed by atoms with Crippen LogP contribution in [0, 0.1) is 12.7 Å². The van der Waals surface area contributed by atoms with Gasteiger partial charge in [0.1, 0.15) is 5.82 Å². The highest BCUT2D eigenvalue weighted by Crippen LogP contribution is 2.18. The van der Waals surface area contributed by atoms with Crippen LogP contribution in [-0.4, -0.2) is 43.0 Å². The number of likely N-dealkylation sites (tertiary alicyclic amines) is 1. The van der Waals surface area contributed by atoms with Crippen LogP contribution in [0.1, 0.15) is 25.3 Å². The van der Waals surface area contributed by atoms with Crippen molar-refractivity contribution in [3.63, 3.8) is 0 Å². The Morgan fingerprint density at radius 3 is 2.95 bits per heavy atom. The van der Waals surface area contributed by atoms with Crippen molar-refractivity contribution in [2.75, 3.05) is 25.5 Å². The van der Waals surface area contributed by atoms with Gasteiger partial charge in [-0.2, -0.15) is 0 Å². The Morgan fingerprint density at radius 1 is 1.48 bits per heavy atom. The lowest BCUT2D eigenvalue weighted by atomic mass is 10.0. The number of likely N-dealkylation sites (N-methyl/N-ethyl adjacent to an activating group) is 1. The summed E-state index contributed by atoms with van der Waals surface area (Å²) in [7, 11) is 1.95. The number of piperidine rings is 1. The number of nitrogens with zero attached hydrogens (tertiary/aromatic N) is 1. The molecule has 0 spiro atoms. The maximum Gasteiger partial charge on any atom is 0.241 e. The van der Waals surface area contributed by atoms with E-state index >= 15 is 0 Å². The molecule has 1 heterocycles. The summed E-state index contributed by atoms with van der Waals surface area (Å²) in [6, 6.07) is 4.66. The number of hydrogen-bond donors (Lipinski definition) is 2. The molecule has 1 aromatic rings. The minimum Gasteiger partial charge on any atom is -0.324 e. The molecule has 4 nitrogen and oxygen atoms in total. The Labute approximate surface area is 125 Å². The van der Waals surface area contributed by atoms with Crippen molar-refractivity contribution in [3.8, 4) is 0 Å². The molecule has 2 atom stereocenters. The smallest absolute Gasteiger partial charge is 0.241 e. The van der Waals surface area contributed by atoms with Crippen molar-refractivity contribution < 1.29 is 9.18 Å². The quantitative estimate of drug-likeness (QED) is 0.894. The lowest BCUT2D eigenvalue weighted by Gasteiger charge is -2.36. The van der Waals surface area contributed by atoms with Gasteiger partial charge in [-0.15, -0.1) is 0 Å². The second-order valence-corrected chi connectivity index (χ2v) is 5.75. The topological polar surface area (TPSA) is 44.4 Å². The minimum atomic E-state index is -0.336. The van der Waals surface area contributed by atoms with E-state index in [2.05, 4.69) is 15.5 Å². The van der Waals surface area contributed by atoms with Gasteiger partial charge >= 0.3 is 0 Å². The molecule has 1 aliphatic heterocycles. The molecule has 1 aromatic carbocycles. The Hall–Kier alpha value is -1.46. The molecule has 2 unspecified atom stereocenters. The highest BCUT2D eigenvalue weighted by molar-refractivity contribution is 5.95. The minimum absolute atomic E-state index is 0.0829. The number of benzene rings is 1. The van der Waals surface area contributed by atoms with Crippen LogP contribution in [0.3, 0.4) is 0 Å². The molecule has 21 heavy (non-hydrogen) atoms. The van der Waals surface area contributed by atoms with E-state index in [4.69, 9.17) is 0 Å². The number of nitrogens with one attached hydrogen (secondary N) is 2. The van der Waals surface area contributed by atoms with Crippen molar-refractivity contribution in [2.45, 2.75) is 38.8 Å². The number of anilines is 1. The van der Waals surface area contributed by atoms with Crippen molar-refractivity contribution in [1.82, 2.24) is 10.2 Å². The zero-order valence-corrected chi connectivity index (χ0v) is 12.9. The van der Waals surface area contributed by atoms with Gasteiger partial charge < -0.3 is 10.6 Å². The predicted octanol–water partition coefficient (Wildman–Crippen LogP) is 2.14. The maximum absolute atomic E-state index is 13.3. The van der Waals surface area contributed by atoms with E-state index in [1.54, 1.807) is 6.07 Å². The number of rotatable bonds is 4. The SMILES string of the molecule is CNC1CCCN(C(C)C(=O)Nc2cc(F)ccc2C)C1. The van der Waals surface area contributed by atoms with E-state index < -0.39 is 0 Å². The summed E-state index contributed by atoms with van der Waals surface area (Å²) in [6.45, 7) is 5.56. The van der Waals surface area contributed by atoms with Crippen molar-refractivity contribution in [2.24, 2.45) is 0 Å². The lowest BCUT2D eigenvalue weighted by Crippen LogP contribution is -2.51. The molecule has 0 radical (unpaired) electrons. The summed E-state index contributed by atoms with van der Waals surface area (Å²) < 4.78 is 13.3. The molecule has 1 amide bonds. The summed E-state index contributed by atoms with van der Waals surface area (Å²) in [4.78, 5) is 14.5. The molecule has 5 heteroatoms. The first-order valence-corrected chi connectivity index (χ1v) is 7.49. The van der Waals surface area contributed by atoms with Crippen LogP contribution in [-0.2, 0) is 4.79 Å². The third kappa shape index (κ3) is 4.02. The molecule has 0 aliphatic carbocycles. The lowest BCUT2D eigenvalue weighted by molar-refractivity contribution is -0.121. The van der Waals surface area contributed by atoms with E-state index in [1.165, 1.54) is 12.1 Å². The summed E-state index contributed by atoms with van der Waals surface area (Å²) in [6.07, 6.45) is 2.23. The molecule has 0 saturated carbocycles. The van der Waals surface area contributed by atoms with E-state index in [0.29, 0.717) is 11.7 Å². The third-order valence-electron chi connectivity index (χ3n) is 4.25. The molecular weight excluding hydrogens is 269 g/mol. The zero-order valence-electron chi connectivity index (χ0n) is 12.9. The van der Waals surface area contributed by atoms with Crippen molar-refractivity contribution >= 4 is 11.6 Å². The van der Waals surface area contributed by atoms with Crippen LogP contribution in [0.2, 0.25) is 0 Å². The van der Waals surface area contributed by atoms with E-state index in [9.17, 15) is 9.18 Å². The Kier molecular flexibility index (Phi) is 5.31. The molecule has 1 saturated heterocycles. The molecule has 0 aromatic heterocycles. The van der Waals surface area contributed by atoms with Gasteiger partial charge in [0.2, 0.25) is 5.91 Å². The number of halogens is 1. The normalized spacial score (nSPS) is 21.0. The number of amides is 1. The van der Waals surface area contributed by atoms with Gasteiger partial charge in [0.05, 0.1) is 6.04 Å². The molecule has 2 rings (SSSR count). The molecule has 0 bridgehead atoms. The number of carbonyl (C=O) groups excluding carboxylic acids is 1. The van der Waals surface area contributed by atoms with Gasteiger partial charge in [-0.05, 0) is 58.0 Å². The summed E-state index contributed by atoms with van der Waals surface area (Å²) in [5.41, 5.74) is 1.41. The average molecular weight is 293 g/mol. The Morgan fingerprint density at radius 2 is 2.24 bits per heavy atom. The van der Waals surface area contributed by atoms with Crippen LogP contribution in [0.15, 0.2) is 18.2 Å². The van der Waals surface area contributed by atoms with Gasteiger partial charge in [-0.25, -0.2) is 4.39 Å². The summed E-state index contributed by atoms with van der Waals surface area (Å²) in [5, 5.41) is 6.11. The highest BCUT2D eigenvalue weighted by atomic mass is 19.1. The van der Waals surface area contributed by atoms with Gasteiger partial charge in [0.15, 0.2) is 0 Å². The number of hydrogen-bond acceptors (Lipinski definition) is 3. The number of carbonyl (C=O) groups is 1. The second-order valence-electron chi connectivity index (χ2n) is 5.75. The molecular formula is C16H24FN3O. The number of aryl methyl sites for hydroxylation is 1. The monoisotopic (exact) mass is 293 g/mol. The Balaban J connectivity index is 2.00. The van der Waals surface area contributed by atoms with Gasteiger partial charge in [-0.3, -0.25) is 9.69 Å². The fourth-order valence-electron chi connectivity index (χ4n) is 2.73.